The average Bonchev–Trinajstić information content (AvgIpc) is 3.05. The maximum atomic E-state index is 13.6. The zero-order valence-corrected chi connectivity index (χ0v) is 10.9. The van der Waals surface area contributed by atoms with Crippen LogP contribution in [0.2, 0.25) is 0 Å². The summed E-state index contributed by atoms with van der Waals surface area (Å²) in [4.78, 5) is 4.24. The Morgan fingerprint density at radius 2 is 2.00 bits per heavy atom. The second-order valence-electron chi connectivity index (χ2n) is 5.26. The Balaban J connectivity index is 1.82. The molecule has 1 fully saturated rings. The van der Waals surface area contributed by atoms with E-state index in [2.05, 4.69) is 10.1 Å². The molecule has 1 heterocycles. The molecular weight excluding hydrogens is 264 g/mol. The highest BCUT2D eigenvalue weighted by atomic mass is 19.2. The molecule has 1 saturated carbocycles. The quantitative estimate of drug-likeness (QED) is 0.938. The monoisotopic (exact) mass is 279 g/mol. The molecule has 0 bridgehead atoms. The van der Waals surface area contributed by atoms with Crippen molar-refractivity contribution in [3.05, 3.63) is 47.1 Å². The highest BCUT2D eigenvalue weighted by molar-refractivity contribution is 5.22. The molecule has 0 atom stereocenters. The van der Waals surface area contributed by atoms with Crippen LogP contribution in [0.5, 0.6) is 0 Å². The predicted octanol–water partition coefficient (Wildman–Crippen LogP) is 2.67. The van der Waals surface area contributed by atoms with Crippen LogP contribution in [0.15, 0.2) is 22.7 Å². The molecule has 1 aromatic heterocycles. The molecule has 0 aliphatic heterocycles. The highest BCUT2D eigenvalue weighted by Crippen LogP contribution is 2.34. The van der Waals surface area contributed by atoms with Crippen molar-refractivity contribution in [1.82, 2.24) is 10.1 Å². The van der Waals surface area contributed by atoms with E-state index >= 15 is 0 Å². The summed E-state index contributed by atoms with van der Waals surface area (Å²) in [5, 5.41) is 3.89. The summed E-state index contributed by atoms with van der Waals surface area (Å²) in [5.41, 5.74) is 5.87. The zero-order valence-electron chi connectivity index (χ0n) is 10.9. The van der Waals surface area contributed by atoms with Gasteiger partial charge in [-0.2, -0.15) is 4.98 Å². The summed E-state index contributed by atoms with van der Waals surface area (Å²) < 4.78 is 31.8. The molecule has 4 nitrogen and oxygen atoms in total. The van der Waals surface area contributed by atoms with Crippen molar-refractivity contribution >= 4 is 0 Å². The summed E-state index contributed by atoms with van der Waals surface area (Å²) in [5.74, 6) is -1.05. The largest absolute Gasteiger partial charge is 0.339 e. The van der Waals surface area contributed by atoms with Gasteiger partial charge in [0.2, 0.25) is 5.89 Å². The van der Waals surface area contributed by atoms with Crippen molar-refractivity contribution in [3.8, 4) is 0 Å². The third kappa shape index (κ3) is 2.31. The predicted molar refractivity (Wildman–Crippen MR) is 67.8 cm³/mol. The van der Waals surface area contributed by atoms with Gasteiger partial charge < -0.3 is 10.3 Å². The molecule has 106 valence electrons. The normalized spacial score (nSPS) is 17.6. The van der Waals surface area contributed by atoms with Gasteiger partial charge in [0, 0.05) is 5.56 Å². The number of halogens is 2. The fraction of sp³-hybridized carbons (Fsp3) is 0.429. The van der Waals surface area contributed by atoms with Gasteiger partial charge in [-0.05, 0) is 18.9 Å². The first-order valence-electron chi connectivity index (χ1n) is 6.63. The minimum Gasteiger partial charge on any atom is -0.339 e. The molecule has 0 amide bonds. The Morgan fingerprint density at radius 3 is 2.75 bits per heavy atom. The van der Waals surface area contributed by atoms with E-state index in [1.807, 2.05) is 0 Å². The number of benzene rings is 1. The first-order chi connectivity index (χ1) is 9.58. The standard InChI is InChI=1S/C14H15F2N3O/c15-10-5-3-4-9(12(10)16)8-11-18-13(19-20-11)14(17)6-1-2-7-14/h3-5H,1-2,6-8,17H2. The molecule has 0 saturated heterocycles. The van der Waals surface area contributed by atoms with Crippen LogP contribution in [0.3, 0.4) is 0 Å². The number of nitrogens with two attached hydrogens (primary N) is 1. The average molecular weight is 279 g/mol. The molecule has 0 spiro atoms. The van der Waals surface area contributed by atoms with Crippen molar-refractivity contribution in [3.63, 3.8) is 0 Å². The molecule has 1 aliphatic rings. The lowest BCUT2D eigenvalue weighted by Gasteiger charge is -2.17. The van der Waals surface area contributed by atoms with Gasteiger partial charge in [-0.1, -0.05) is 30.1 Å². The van der Waals surface area contributed by atoms with Gasteiger partial charge in [-0.25, -0.2) is 8.78 Å². The van der Waals surface area contributed by atoms with E-state index in [9.17, 15) is 8.78 Å². The SMILES string of the molecule is NC1(c2noc(Cc3cccc(F)c3F)n2)CCCC1. The molecule has 0 unspecified atom stereocenters. The van der Waals surface area contributed by atoms with E-state index < -0.39 is 17.2 Å². The van der Waals surface area contributed by atoms with Crippen molar-refractivity contribution < 1.29 is 13.3 Å². The fourth-order valence-electron chi connectivity index (χ4n) is 2.61. The summed E-state index contributed by atoms with van der Waals surface area (Å²) in [7, 11) is 0. The van der Waals surface area contributed by atoms with Gasteiger partial charge in [0.05, 0.1) is 12.0 Å². The summed E-state index contributed by atoms with van der Waals surface area (Å²) in [6.45, 7) is 0. The maximum absolute atomic E-state index is 13.6. The van der Waals surface area contributed by atoms with Gasteiger partial charge in [-0.15, -0.1) is 0 Å². The maximum Gasteiger partial charge on any atom is 0.231 e. The second-order valence-corrected chi connectivity index (χ2v) is 5.26. The van der Waals surface area contributed by atoms with Crippen LogP contribution in [-0.2, 0) is 12.0 Å². The third-order valence-electron chi connectivity index (χ3n) is 3.78. The third-order valence-corrected chi connectivity index (χ3v) is 3.78. The Bertz CT molecular complexity index is 621. The number of rotatable bonds is 3. The van der Waals surface area contributed by atoms with Crippen molar-refractivity contribution in [1.29, 1.82) is 0 Å². The summed E-state index contributed by atoms with van der Waals surface area (Å²) in [6, 6.07) is 4.02. The lowest BCUT2D eigenvalue weighted by Crippen LogP contribution is -2.34. The van der Waals surface area contributed by atoms with E-state index in [1.54, 1.807) is 0 Å². The molecule has 6 heteroatoms. The van der Waals surface area contributed by atoms with Gasteiger partial charge in [0.25, 0.3) is 0 Å². The fourth-order valence-corrected chi connectivity index (χ4v) is 2.61. The molecule has 3 rings (SSSR count). The lowest BCUT2D eigenvalue weighted by atomic mass is 9.99. The van der Waals surface area contributed by atoms with Crippen LogP contribution in [0.25, 0.3) is 0 Å². The highest BCUT2D eigenvalue weighted by Gasteiger charge is 2.35. The number of hydrogen-bond donors (Lipinski definition) is 1. The number of aromatic nitrogens is 2. The Labute approximate surface area is 115 Å². The smallest absolute Gasteiger partial charge is 0.231 e. The Morgan fingerprint density at radius 1 is 1.25 bits per heavy atom. The number of nitrogens with zero attached hydrogens (tertiary/aromatic N) is 2. The van der Waals surface area contributed by atoms with Crippen molar-refractivity contribution in [2.45, 2.75) is 37.6 Å². The van der Waals surface area contributed by atoms with Crippen molar-refractivity contribution in [2.75, 3.05) is 0 Å². The number of hydrogen-bond acceptors (Lipinski definition) is 4. The van der Waals surface area contributed by atoms with Gasteiger partial charge >= 0.3 is 0 Å². The van der Waals surface area contributed by atoms with E-state index in [4.69, 9.17) is 10.3 Å². The van der Waals surface area contributed by atoms with Crippen LogP contribution < -0.4 is 5.73 Å². The van der Waals surface area contributed by atoms with Crippen molar-refractivity contribution in [2.24, 2.45) is 5.73 Å². The van der Waals surface area contributed by atoms with Gasteiger partial charge in [0.15, 0.2) is 17.5 Å². The molecule has 2 N–H and O–H groups in total. The molecular formula is C14H15F2N3O. The molecule has 0 radical (unpaired) electrons. The Hall–Kier alpha value is -1.82. The zero-order chi connectivity index (χ0) is 14.2. The molecule has 1 aromatic carbocycles. The van der Waals surface area contributed by atoms with E-state index in [0.29, 0.717) is 5.82 Å². The van der Waals surface area contributed by atoms with Crippen LogP contribution in [0, 0.1) is 11.6 Å². The summed E-state index contributed by atoms with van der Waals surface area (Å²) >= 11 is 0. The first kappa shape index (κ1) is 13.2. The minimum absolute atomic E-state index is 0.0622. The summed E-state index contributed by atoms with van der Waals surface area (Å²) in [6.07, 6.45) is 3.78. The van der Waals surface area contributed by atoms with Crippen LogP contribution in [0.1, 0.15) is 43.0 Å². The topological polar surface area (TPSA) is 64.9 Å². The lowest BCUT2D eigenvalue weighted by molar-refractivity contribution is 0.351. The molecule has 20 heavy (non-hydrogen) atoms. The van der Waals surface area contributed by atoms with Crippen LogP contribution >= 0.6 is 0 Å². The van der Waals surface area contributed by atoms with Crippen LogP contribution in [0.4, 0.5) is 8.78 Å². The van der Waals surface area contributed by atoms with E-state index in [-0.39, 0.29) is 17.9 Å². The minimum atomic E-state index is -0.881. The van der Waals surface area contributed by atoms with Crippen LogP contribution in [-0.4, -0.2) is 10.1 Å². The molecule has 1 aliphatic carbocycles. The molecule has 2 aromatic rings. The first-order valence-corrected chi connectivity index (χ1v) is 6.63. The van der Waals surface area contributed by atoms with E-state index in [0.717, 1.165) is 31.7 Å². The van der Waals surface area contributed by atoms with Gasteiger partial charge in [0.1, 0.15) is 0 Å². The Kier molecular flexibility index (Phi) is 3.25. The second kappa shape index (κ2) is 4.94. The van der Waals surface area contributed by atoms with Gasteiger partial charge in [-0.3, -0.25) is 0 Å². The van der Waals surface area contributed by atoms with E-state index in [1.165, 1.54) is 12.1 Å².